The van der Waals surface area contributed by atoms with E-state index in [1.54, 1.807) is 31.2 Å². The summed E-state index contributed by atoms with van der Waals surface area (Å²) in [7, 11) is 0. The quantitative estimate of drug-likeness (QED) is 0.348. The number of aromatic amines is 2. The van der Waals surface area contributed by atoms with Gasteiger partial charge in [0.15, 0.2) is 5.65 Å². The van der Waals surface area contributed by atoms with E-state index in [1.807, 2.05) is 19.1 Å². The number of nitrogens with one attached hydrogen (secondary N) is 2. The molecule has 0 aliphatic rings. The molecule has 5 rings (SSSR count). The van der Waals surface area contributed by atoms with Crippen molar-refractivity contribution in [1.82, 2.24) is 25.1 Å². The molecule has 2 aromatic carbocycles. The van der Waals surface area contributed by atoms with E-state index in [9.17, 15) is 19.1 Å². The van der Waals surface area contributed by atoms with Crippen molar-refractivity contribution in [2.24, 2.45) is 0 Å². The van der Waals surface area contributed by atoms with Gasteiger partial charge in [0.2, 0.25) is 5.95 Å². The third kappa shape index (κ3) is 3.88. The fraction of sp³-hybridized carbons (Fsp3) is 0.160. The molecule has 0 radical (unpaired) electrons. The molecule has 0 atom stereocenters. The Morgan fingerprint density at radius 1 is 1.14 bits per heavy atom. The summed E-state index contributed by atoms with van der Waals surface area (Å²) >= 11 is 0. The Morgan fingerprint density at radius 3 is 2.66 bits per heavy atom. The van der Waals surface area contributed by atoms with E-state index < -0.39 is 11.9 Å². The molecule has 0 saturated carbocycles. The first kappa shape index (κ1) is 22.2. The SMILES string of the molecule is CCN(C(=O)O)c1nc2ncc(-c3cc(Cc4n[nH]c(=O)c5ccccc45)ccc3F)c(C)c2[nH]1. The van der Waals surface area contributed by atoms with Gasteiger partial charge in [-0.25, -0.2) is 24.2 Å². The number of anilines is 1. The predicted octanol–water partition coefficient (Wildman–Crippen LogP) is 4.40. The summed E-state index contributed by atoms with van der Waals surface area (Å²) in [5.41, 5.74) is 3.71. The lowest BCUT2D eigenvalue weighted by molar-refractivity contribution is 0.202. The summed E-state index contributed by atoms with van der Waals surface area (Å²) < 4.78 is 15.0. The van der Waals surface area contributed by atoms with Crippen LogP contribution in [0.2, 0.25) is 0 Å². The summed E-state index contributed by atoms with van der Waals surface area (Å²) in [5, 5.41) is 17.4. The van der Waals surface area contributed by atoms with Crippen LogP contribution in [0.4, 0.5) is 15.1 Å². The van der Waals surface area contributed by atoms with Crippen LogP contribution in [0.25, 0.3) is 33.1 Å². The molecular formula is C25H21FN6O3. The molecule has 0 aliphatic heterocycles. The number of rotatable bonds is 5. The number of imidazole rings is 1. The van der Waals surface area contributed by atoms with Crippen LogP contribution in [0.1, 0.15) is 23.7 Å². The maximum Gasteiger partial charge on any atom is 0.414 e. The Hall–Kier alpha value is -4.60. The average Bonchev–Trinajstić information content (AvgIpc) is 3.28. The van der Waals surface area contributed by atoms with E-state index in [1.165, 1.54) is 12.3 Å². The number of amides is 1. The molecule has 9 nitrogen and oxygen atoms in total. The molecule has 0 aliphatic carbocycles. The number of carbonyl (C=O) groups is 1. The minimum absolute atomic E-state index is 0.160. The molecule has 1 amide bonds. The number of halogens is 1. The van der Waals surface area contributed by atoms with E-state index in [0.29, 0.717) is 45.4 Å². The van der Waals surface area contributed by atoms with E-state index in [0.717, 1.165) is 15.8 Å². The first-order chi connectivity index (χ1) is 16.9. The topological polar surface area (TPSA) is 128 Å². The number of H-pyrrole nitrogens is 2. The molecule has 0 spiro atoms. The summed E-state index contributed by atoms with van der Waals surface area (Å²) in [5.74, 6) is -0.259. The molecule has 0 unspecified atom stereocenters. The average molecular weight is 472 g/mol. The van der Waals surface area contributed by atoms with Crippen LogP contribution in [0.5, 0.6) is 0 Å². The number of pyridine rings is 1. The highest BCUT2D eigenvalue weighted by Gasteiger charge is 2.20. The van der Waals surface area contributed by atoms with Gasteiger partial charge in [0, 0.05) is 35.7 Å². The number of aryl methyl sites for hydroxylation is 1. The number of hydrogen-bond donors (Lipinski definition) is 3. The van der Waals surface area contributed by atoms with Crippen molar-refractivity contribution in [2.45, 2.75) is 20.3 Å². The Kier molecular flexibility index (Phi) is 5.48. The van der Waals surface area contributed by atoms with Gasteiger partial charge in [0.25, 0.3) is 5.56 Å². The molecule has 3 N–H and O–H groups in total. The van der Waals surface area contributed by atoms with Crippen LogP contribution in [-0.2, 0) is 6.42 Å². The van der Waals surface area contributed by atoms with Gasteiger partial charge in [-0.05, 0) is 43.2 Å². The van der Waals surface area contributed by atoms with Gasteiger partial charge in [-0.1, -0.05) is 24.3 Å². The Balaban J connectivity index is 1.57. The van der Waals surface area contributed by atoms with Crippen LogP contribution in [-0.4, -0.2) is 42.9 Å². The molecule has 35 heavy (non-hydrogen) atoms. The lowest BCUT2D eigenvalue weighted by atomic mass is 9.97. The van der Waals surface area contributed by atoms with E-state index in [4.69, 9.17) is 0 Å². The van der Waals surface area contributed by atoms with Crippen LogP contribution < -0.4 is 10.5 Å². The number of carboxylic acid groups (broad SMARTS) is 1. The number of nitrogens with zero attached hydrogens (tertiary/aromatic N) is 4. The molecule has 3 aromatic heterocycles. The van der Waals surface area contributed by atoms with Crippen molar-refractivity contribution in [3.05, 3.63) is 81.7 Å². The van der Waals surface area contributed by atoms with Gasteiger partial charge in [-0.2, -0.15) is 10.1 Å². The Bertz CT molecular complexity index is 1660. The van der Waals surface area contributed by atoms with Crippen molar-refractivity contribution < 1.29 is 14.3 Å². The summed E-state index contributed by atoms with van der Waals surface area (Å²) in [6.07, 6.45) is 0.791. The molecule has 0 saturated heterocycles. The molecular weight excluding hydrogens is 451 g/mol. The standard InChI is InChI=1S/C25H21FN6O3/c1-3-32(25(34)35)24-28-21-13(2)18(12-27-22(21)29-24)17-10-14(8-9-19(17)26)11-20-15-6-4-5-7-16(15)23(33)31-30-20/h4-10,12H,3,11H2,1-2H3,(H,31,33)(H,34,35)(H,27,28,29). The van der Waals surface area contributed by atoms with E-state index in [-0.39, 0.29) is 18.1 Å². The van der Waals surface area contributed by atoms with Gasteiger partial charge < -0.3 is 10.1 Å². The zero-order valence-electron chi connectivity index (χ0n) is 19.0. The predicted molar refractivity (Wildman–Crippen MR) is 130 cm³/mol. The second kappa shape index (κ2) is 8.64. The molecule has 0 bridgehead atoms. The van der Waals surface area contributed by atoms with Crippen molar-refractivity contribution in [3.63, 3.8) is 0 Å². The molecule has 0 fully saturated rings. The van der Waals surface area contributed by atoms with E-state index >= 15 is 0 Å². The van der Waals surface area contributed by atoms with Crippen molar-refractivity contribution in [2.75, 3.05) is 11.4 Å². The smallest absolute Gasteiger partial charge is 0.414 e. The molecule has 5 aromatic rings. The minimum Gasteiger partial charge on any atom is -0.465 e. The highest BCUT2D eigenvalue weighted by molar-refractivity contribution is 5.89. The maximum atomic E-state index is 15.0. The third-order valence-corrected chi connectivity index (χ3v) is 6.04. The Labute approximate surface area is 198 Å². The van der Waals surface area contributed by atoms with Gasteiger partial charge >= 0.3 is 6.09 Å². The Morgan fingerprint density at radius 2 is 1.91 bits per heavy atom. The van der Waals surface area contributed by atoms with Crippen LogP contribution in [0.3, 0.4) is 0 Å². The minimum atomic E-state index is -1.13. The van der Waals surface area contributed by atoms with Gasteiger partial charge in [0.1, 0.15) is 5.82 Å². The largest absolute Gasteiger partial charge is 0.465 e. The highest BCUT2D eigenvalue weighted by Crippen LogP contribution is 2.31. The highest BCUT2D eigenvalue weighted by atomic mass is 19.1. The summed E-state index contributed by atoms with van der Waals surface area (Å²) in [6, 6.07) is 12.0. The lowest BCUT2D eigenvalue weighted by Crippen LogP contribution is -2.29. The molecule has 3 heterocycles. The fourth-order valence-electron chi connectivity index (χ4n) is 4.23. The van der Waals surface area contributed by atoms with Crippen molar-refractivity contribution in [3.8, 4) is 11.1 Å². The first-order valence-corrected chi connectivity index (χ1v) is 11.0. The molecule has 10 heteroatoms. The van der Waals surface area contributed by atoms with Gasteiger partial charge in [-0.15, -0.1) is 0 Å². The molecule has 176 valence electrons. The number of hydrogen-bond acceptors (Lipinski definition) is 5. The summed E-state index contributed by atoms with van der Waals surface area (Å²) in [6.45, 7) is 3.72. The number of aromatic nitrogens is 5. The van der Waals surface area contributed by atoms with Gasteiger partial charge in [0.05, 0.1) is 16.6 Å². The lowest BCUT2D eigenvalue weighted by Gasteiger charge is -2.12. The fourth-order valence-corrected chi connectivity index (χ4v) is 4.23. The van der Waals surface area contributed by atoms with E-state index in [2.05, 4.69) is 25.1 Å². The first-order valence-electron chi connectivity index (χ1n) is 11.0. The number of fused-ring (bicyclic) bond motifs is 2. The zero-order chi connectivity index (χ0) is 24.7. The number of benzene rings is 2. The third-order valence-electron chi connectivity index (χ3n) is 6.04. The van der Waals surface area contributed by atoms with Crippen LogP contribution in [0, 0.1) is 12.7 Å². The van der Waals surface area contributed by atoms with Gasteiger partial charge in [-0.3, -0.25) is 4.79 Å². The summed E-state index contributed by atoms with van der Waals surface area (Å²) in [4.78, 5) is 36.3. The van der Waals surface area contributed by atoms with Crippen LogP contribution in [0.15, 0.2) is 53.5 Å². The zero-order valence-corrected chi connectivity index (χ0v) is 19.0. The maximum absolute atomic E-state index is 15.0. The second-order valence-electron chi connectivity index (χ2n) is 8.12. The normalized spacial score (nSPS) is 11.3. The van der Waals surface area contributed by atoms with Crippen LogP contribution >= 0.6 is 0 Å². The van der Waals surface area contributed by atoms with Crippen molar-refractivity contribution in [1.29, 1.82) is 0 Å². The second-order valence-corrected chi connectivity index (χ2v) is 8.12. The monoisotopic (exact) mass is 472 g/mol. The van der Waals surface area contributed by atoms with Crippen molar-refractivity contribution >= 4 is 34.0 Å².